The van der Waals surface area contributed by atoms with Crippen molar-refractivity contribution in [3.63, 3.8) is 0 Å². The maximum Gasteiger partial charge on any atom is 0.164 e. The molecule has 2 atom stereocenters. The van der Waals surface area contributed by atoms with Crippen LogP contribution in [0.15, 0.2) is 173 Å². The van der Waals surface area contributed by atoms with Crippen molar-refractivity contribution >= 4 is 55.2 Å². The molecule has 7 aromatic carbocycles. The molecule has 4 nitrogen and oxygen atoms in total. The molecule has 9 aromatic rings. The second kappa shape index (κ2) is 11.6. The summed E-state index contributed by atoms with van der Waals surface area (Å²) in [6, 6.07) is 49.1. The van der Waals surface area contributed by atoms with E-state index in [1.807, 2.05) is 54.2 Å². The number of furan rings is 1. The van der Waals surface area contributed by atoms with Crippen LogP contribution in [-0.4, -0.2) is 20.2 Å². The molecule has 3 heterocycles. The van der Waals surface area contributed by atoms with Gasteiger partial charge in [-0.2, -0.15) is 0 Å². The zero-order chi connectivity index (χ0) is 34.2. The zero-order valence-electron chi connectivity index (χ0n) is 27.9. The maximum atomic E-state index is 6.47. The largest absolute Gasteiger partial charge is 0.456 e. The average Bonchev–Trinajstić information content (AvgIpc) is 3.78. The molecule has 5 heteroatoms. The minimum absolute atomic E-state index is 0.411. The average molecular weight is 684 g/mol. The van der Waals surface area contributed by atoms with Crippen LogP contribution in [0.1, 0.15) is 11.5 Å². The Kier molecular flexibility index (Phi) is 6.58. The van der Waals surface area contributed by atoms with Crippen LogP contribution in [0.2, 0.25) is 0 Å². The summed E-state index contributed by atoms with van der Waals surface area (Å²) in [7, 11) is 0. The van der Waals surface area contributed by atoms with Crippen LogP contribution < -0.4 is 0 Å². The Balaban J connectivity index is 1.08. The highest BCUT2D eigenvalue weighted by molar-refractivity contribution is 8.00. The van der Waals surface area contributed by atoms with Gasteiger partial charge in [-0.25, -0.2) is 15.0 Å². The predicted octanol–water partition coefficient (Wildman–Crippen LogP) is 12.4. The van der Waals surface area contributed by atoms with Crippen LogP contribution >= 0.6 is 11.8 Å². The lowest BCUT2D eigenvalue weighted by molar-refractivity contribution is 0.669. The Hall–Kier alpha value is -6.30. The van der Waals surface area contributed by atoms with Crippen LogP contribution in [0, 0.1) is 0 Å². The third kappa shape index (κ3) is 4.74. The first-order chi connectivity index (χ1) is 25.7. The fraction of sp³-hybridized carbons (Fsp3) is 0.0426. The van der Waals surface area contributed by atoms with E-state index in [4.69, 9.17) is 19.4 Å². The van der Waals surface area contributed by atoms with Gasteiger partial charge in [0.05, 0.1) is 0 Å². The molecule has 2 unspecified atom stereocenters. The standard InChI is InChI=1S/C47H29N3OS/c1-2-10-29(11-3-1)45-48-46(33-19-22-35-32(25-33)18-17-28-9-4-5-12-34(28)35)50-47(49-45)37-14-8-15-41-44(37)39-27-30(20-23-40(39)51-41)31-21-24-43-38(26-31)36-13-6-7-16-42(36)52-43/h1-27,36,42H. The van der Waals surface area contributed by atoms with Crippen molar-refractivity contribution in [3.05, 3.63) is 169 Å². The van der Waals surface area contributed by atoms with Gasteiger partial charge in [0, 0.05) is 43.5 Å². The first-order valence-electron chi connectivity index (χ1n) is 17.6. The highest BCUT2D eigenvalue weighted by Gasteiger charge is 2.31. The minimum atomic E-state index is 0.411. The van der Waals surface area contributed by atoms with E-state index in [0.29, 0.717) is 28.6 Å². The molecule has 0 radical (unpaired) electrons. The van der Waals surface area contributed by atoms with Crippen molar-refractivity contribution in [2.75, 3.05) is 0 Å². The lowest BCUT2D eigenvalue weighted by Crippen LogP contribution is -2.06. The van der Waals surface area contributed by atoms with Crippen molar-refractivity contribution in [2.45, 2.75) is 16.1 Å². The molecule has 2 aliphatic rings. The molecule has 52 heavy (non-hydrogen) atoms. The van der Waals surface area contributed by atoms with Crippen LogP contribution in [0.5, 0.6) is 0 Å². The van der Waals surface area contributed by atoms with Gasteiger partial charge >= 0.3 is 0 Å². The van der Waals surface area contributed by atoms with E-state index in [0.717, 1.165) is 49.6 Å². The lowest BCUT2D eigenvalue weighted by Gasteiger charge is -2.15. The van der Waals surface area contributed by atoms with Crippen molar-refractivity contribution < 1.29 is 4.42 Å². The van der Waals surface area contributed by atoms with Gasteiger partial charge in [0.15, 0.2) is 17.5 Å². The van der Waals surface area contributed by atoms with E-state index in [2.05, 4.69) is 121 Å². The molecule has 2 aromatic heterocycles. The van der Waals surface area contributed by atoms with Crippen molar-refractivity contribution in [3.8, 4) is 45.3 Å². The van der Waals surface area contributed by atoms with Crippen LogP contribution in [0.25, 0.3) is 88.8 Å². The van der Waals surface area contributed by atoms with Gasteiger partial charge in [-0.1, -0.05) is 127 Å². The molecule has 1 aliphatic carbocycles. The van der Waals surface area contributed by atoms with E-state index >= 15 is 0 Å². The Morgan fingerprint density at radius 3 is 2.17 bits per heavy atom. The monoisotopic (exact) mass is 683 g/mol. The summed E-state index contributed by atoms with van der Waals surface area (Å²) >= 11 is 1.96. The number of aromatic nitrogens is 3. The van der Waals surface area contributed by atoms with Crippen molar-refractivity contribution in [2.24, 2.45) is 0 Å². The first kappa shape index (κ1) is 29.4. The van der Waals surface area contributed by atoms with Gasteiger partial charge in [0.2, 0.25) is 0 Å². The highest BCUT2D eigenvalue weighted by atomic mass is 32.2. The molecular formula is C47H29N3OS. The number of hydrogen-bond acceptors (Lipinski definition) is 5. The molecular weight excluding hydrogens is 655 g/mol. The maximum absolute atomic E-state index is 6.47. The van der Waals surface area contributed by atoms with E-state index in [1.54, 1.807) is 0 Å². The fourth-order valence-electron chi connectivity index (χ4n) is 7.91. The summed E-state index contributed by atoms with van der Waals surface area (Å²) in [5.74, 6) is 2.28. The Bertz CT molecular complexity index is 2960. The number of benzene rings is 7. The Morgan fingerprint density at radius 2 is 1.23 bits per heavy atom. The number of hydrogen-bond donors (Lipinski definition) is 0. The lowest BCUT2D eigenvalue weighted by atomic mass is 9.90. The minimum Gasteiger partial charge on any atom is -0.456 e. The summed E-state index contributed by atoms with van der Waals surface area (Å²) in [6.07, 6.45) is 8.99. The van der Waals surface area contributed by atoms with Gasteiger partial charge in [0.1, 0.15) is 11.2 Å². The number of thioether (sulfide) groups is 1. The molecule has 0 amide bonds. The molecule has 1 aliphatic heterocycles. The third-order valence-electron chi connectivity index (χ3n) is 10.5. The SMILES string of the molecule is C1=CC2Sc3ccc(-c4ccc5oc6cccc(-c7nc(-c8ccccc8)nc(-c8ccc9c(ccc%10ccccc%109)c8)n7)c6c5c4)cc3C2C=C1. The molecule has 0 saturated heterocycles. The van der Waals surface area contributed by atoms with Crippen LogP contribution in [0.4, 0.5) is 0 Å². The fourth-order valence-corrected chi connectivity index (χ4v) is 9.23. The molecule has 0 spiro atoms. The van der Waals surface area contributed by atoms with Gasteiger partial charge < -0.3 is 4.42 Å². The van der Waals surface area contributed by atoms with Gasteiger partial charge in [-0.3, -0.25) is 0 Å². The molecule has 11 rings (SSSR count). The third-order valence-corrected chi connectivity index (χ3v) is 11.8. The quantitative estimate of drug-likeness (QED) is 0.173. The van der Waals surface area contributed by atoms with Crippen LogP contribution in [0.3, 0.4) is 0 Å². The molecule has 0 fully saturated rings. The molecule has 0 N–H and O–H groups in total. The summed E-state index contributed by atoms with van der Waals surface area (Å²) in [4.78, 5) is 16.7. The number of fused-ring (bicyclic) bond motifs is 9. The Labute approximate surface area is 304 Å². The van der Waals surface area contributed by atoms with Gasteiger partial charge in [-0.15, -0.1) is 11.8 Å². The summed E-state index contributed by atoms with van der Waals surface area (Å²) in [6.45, 7) is 0. The number of nitrogens with zero attached hydrogens (tertiary/aromatic N) is 3. The van der Waals surface area contributed by atoms with E-state index in [-0.39, 0.29) is 0 Å². The van der Waals surface area contributed by atoms with Gasteiger partial charge in [-0.05, 0) is 74.6 Å². The second-order valence-electron chi connectivity index (χ2n) is 13.5. The topological polar surface area (TPSA) is 51.8 Å². The Morgan fingerprint density at radius 1 is 0.481 bits per heavy atom. The number of rotatable bonds is 4. The molecule has 0 saturated carbocycles. The summed E-state index contributed by atoms with van der Waals surface area (Å²) in [5.41, 5.74) is 8.19. The van der Waals surface area contributed by atoms with E-state index in [9.17, 15) is 0 Å². The normalized spacial score (nSPS) is 16.2. The van der Waals surface area contributed by atoms with E-state index in [1.165, 1.54) is 32.2 Å². The molecule has 244 valence electrons. The first-order valence-corrected chi connectivity index (χ1v) is 18.5. The number of allylic oxidation sites excluding steroid dienone is 3. The van der Waals surface area contributed by atoms with Crippen molar-refractivity contribution in [1.29, 1.82) is 0 Å². The van der Waals surface area contributed by atoms with Crippen molar-refractivity contribution in [1.82, 2.24) is 15.0 Å². The van der Waals surface area contributed by atoms with Crippen LogP contribution in [-0.2, 0) is 0 Å². The highest BCUT2D eigenvalue weighted by Crippen LogP contribution is 2.49. The summed E-state index contributed by atoms with van der Waals surface area (Å²) in [5, 5.41) is 7.32. The summed E-state index contributed by atoms with van der Waals surface area (Å²) < 4.78 is 6.47. The zero-order valence-corrected chi connectivity index (χ0v) is 28.7. The smallest absolute Gasteiger partial charge is 0.164 e. The van der Waals surface area contributed by atoms with Gasteiger partial charge in [0.25, 0.3) is 0 Å². The van der Waals surface area contributed by atoms with E-state index < -0.39 is 0 Å². The predicted molar refractivity (Wildman–Crippen MR) is 215 cm³/mol. The molecule has 0 bridgehead atoms. The second-order valence-corrected chi connectivity index (χ2v) is 14.7.